The molecule has 18 heavy (non-hydrogen) atoms. The molecule has 0 saturated heterocycles. The van der Waals surface area contributed by atoms with Crippen molar-refractivity contribution in [3.63, 3.8) is 0 Å². The second kappa shape index (κ2) is 4.86. The van der Waals surface area contributed by atoms with Crippen LogP contribution in [0.4, 0.5) is 13.2 Å². The summed E-state index contributed by atoms with van der Waals surface area (Å²) in [5.41, 5.74) is 5.50. The molecule has 0 fully saturated rings. The van der Waals surface area contributed by atoms with E-state index in [0.29, 0.717) is 12.2 Å². The highest BCUT2D eigenvalue weighted by Crippen LogP contribution is 2.27. The van der Waals surface area contributed by atoms with Crippen LogP contribution in [0.3, 0.4) is 0 Å². The molecule has 0 radical (unpaired) electrons. The number of hydrogen-bond acceptors (Lipinski definition) is 2. The molecule has 0 bridgehead atoms. The predicted molar refractivity (Wildman–Crippen MR) is 61.4 cm³/mol. The fourth-order valence-electron chi connectivity index (χ4n) is 1.67. The zero-order valence-electron chi connectivity index (χ0n) is 9.71. The van der Waals surface area contributed by atoms with Gasteiger partial charge in [-0.15, -0.1) is 0 Å². The molecule has 2 rings (SSSR count). The van der Waals surface area contributed by atoms with Gasteiger partial charge in [-0.2, -0.15) is 0 Å². The summed E-state index contributed by atoms with van der Waals surface area (Å²) < 4.78 is 44.7. The Morgan fingerprint density at radius 3 is 2.50 bits per heavy atom. The standard InChI is InChI=1S/C13H12F3NO/c1-7(17)6-8-2-5-11(18-8)9-3-4-10(14)13(16)12(9)15/h2-5,7H,6,17H2,1H3. The summed E-state index contributed by atoms with van der Waals surface area (Å²) in [7, 11) is 0. The van der Waals surface area contributed by atoms with Crippen LogP contribution in [0.2, 0.25) is 0 Å². The van der Waals surface area contributed by atoms with E-state index in [0.717, 1.165) is 12.1 Å². The van der Waals surface area contributed by atoms with E-state index >= 15 is 0 Å². The van der Waals surface area contributed by atoms with Crippen molar-refractivity contribution in [1.29, 1.82) is 0 Å². The molecule has 5 heteroatoms. The minimum atomic E-state index is -1.50. The predicted octanol–water partition coefficient (Wildman–Crippen LogP) is 3.25. The van der Waals surface area contributed by atoms with E-state index in [1.54, 1.807) is 13.0 Å². The van der Waals surface area contributed by atoms with Crippen LogP contribution in [0.15, 0.2) is 28.7 Å². The fourth-order valence-corrected chi connectivity index (χ4v) is 1.67. The highest BCUT2D eigenvalue weighted by molar-refractivity contribution is 5.58. The number of halogens is 3. The zero-order chi connectivity index (χ0) is 13.3. The van der Waals surface area contributed by atoms with E-state index in [-0.39, 0.29) is 17.4 Å². The van der Waals surface area contributed by atoms with Gasteiger partial charge in [-0.3, -0.25) is 0 Å². The third kappa shape index (κ3) is 2.41. The highest BCUT2D eigenvalue weighted by Gasteiger charge is 2.17. The molecule has 0 aliphatic carbocycles. The SMILES string of the molecule is CC(N)Cc1ccc(-c2ccc(F)c(F)c2F)o1. The third-order valence-electron chi connectivity index (χ3n) is 2.49. The van der Waals surface area contributed by atoms with Crippen molar-refractivity contribution >= 4 is 0 Å². The van der Waals surface area contributed by atoms with Crippen LogP contribution in [0, 0.1) is 17.5 Å². The lowest BCUT2D eigenvalue weighted by Gasteiger charge is -2.03. The van der Waals surface area contributed by atoms with Crippen LogP contribution in [0.5, 0.6) is 0 Å². The Morgan fingerprint density at radius 1 is 1.11 bits per heavy atom. The summed E-state index contributed by atoms with van der Waals surface area (Å²) in [5.74, 6) is -3.25. The molecular formula is C13H12F3NO. The molecule has 1 aromatic heterocycles. The van der Waals surface area contributed by atoms with Crippen molar-refractivity contribution in [2.24, 2.45) is 5.73 Å². The van der Waals surface area contributed by atoms with E-state index in [4.69, 9.17) is 10.2 Å². The molecule has 0 spiro atoms. The average molecular weight is 255 g/mol. The topological polar surface area (TPSA) is 39.2 Å². The maximum atomic E-state index is 13.5. The lowest BCUT2D eigenvalue weighted by Crippen LogP contribution is -2.17. The van der Waals surface area contributed by atoms with E-state index in [1.807, 2.05) is 0 Å². The van der Waals surface area contributed by atoms with Crippen molar-refractivity contribution in [3.05, 3.63) is 47.5 Å². The molecule has 0 aliphatic rings. The molecular weight excluding hydrogens is 243 g/mol. The van der Waals surface area contributed by atoms with Crippen molar-refractivity contribution in [2.45, 2.75) is 19.4 Å². The van der Waals surface area contributed by atoms with Crippen LogP contribution in [0.1, 0.15) is 12.7 Å². The summed E-state index contributed by atoms with van der Waals surface area (Å²) in [4.78, 5) is 0. The van der Waals surface area contributed by atoms with Gasteiger partial charge in [-0.05, 0) is 31.2 Å². The smallest absolute Gasteiger partial charge is 0.195 e. The Hall–Kier alpha value is -1.75. The summed E-state index contributed by atoms with van der Waals surface area (Å²) in [6.07, 6.45) is 0.491. The molecule has 2 aromatic rings. The first-order valence-corrected chi connectivity index (χ1v) is 5.47. The Balaban J connectivity index is 2.37. The molecule has 96 valence electrons. The molecule has 1 atom stereocenters. The number of benzene rings is 1. The van der Waals surface area contributed by atoms with Gasteiger partial charge < -0.3 is 10.2 Å². The molecule has 0 aliphatic heterocycles. The lowest BCUT2D eigenvalue weighted by atomic mass is 10.1. The second-order valence-corrected chi connectivity index (χ2v) is 4.17. The Bertz CT molecular complexity index is 563. The zero-order valence-corrected chi connectivity index (χ0v) is 9.71. The number of nitrogens with two attached hydrogens (primary N) is 1. The Morgan fingerprint density at radius 2 is 1.83 bits per heavy atom. The lowest BCUT2D eigenvalue weighted by molar-refractivity contribution is 0.444. The van der Waals surface area contributed by atoms with E-state index in [1.165, 1.54) is 6.07 Å². The third-order valence-corrected chi connectivity index (χ3v) is 2.49. The van der Waals surface area contributed by atoms with Crippen LogP contribution >= 0.6 is 0 Å². The number of furan rings is 1. The fraction of sp³-hybridized carbons (Fsp3) is 0.231. The monoisotopic (exact) mass is 255 g/mol. The van der Waals surface area contributed by atoms with Gasteiger partial charge in [0, 0.05) is 12.5 Å². The minimum Gasteiger partial charge on any atom is -0.461 e. The maximum Gasteiger partial charge on any atom is 0.195 e. The van der Waals surface area contributed by atoms with Gasteiger partial charge in [0.25, 0.3) is 0 Å². The van der Waals surface area contributed by atoms with Gasteiger partial charge >= 0.3 is 0 Å². The summed E-state index contributed by atoms with van der Waals surface area (Å²) >= 11 is 0. The van der Waals surface area contributed by atoms with E-state index < -0.39 is 17.5 Å². The highest BCUT2D eigenvalue weighted by atomic mass is 19.2. The summed E-state index contributed by atoms with van der Waals surface area (Å²) in [5, 5.41) is 0. The van der Waals surface area contributed by atoms with E-state index in [2.05, 4.69) is 0 Å². The molecule has 1 heterocycles. The van der Waals surface area contributed by atoms with Gasteiger partial charge in [-0.1, -0.05) is 0 Å². The second-order valence-electron chi connectivity index (χ2n) is 4.17. The van der Waals surface area contributed by atoms with Crippen LogP contribution in [-0.2, 0) is 6.42 Å². The van der Waals surface area contributed by atoms with Crippen LogP contribution in [-0.4, -0.2) is 6.04 Å². The first-order chi connectivity index (χ1) is 8.49. The molecule has 2 nitrogen and oxygen atoms in total. The number of hydrogen-bond donors (Lipinski definition) is 1. The van der Waals surface area contributed by atoms with Gasteiger partial charge in [0.2, 0.25) is 0 Å². The van der Waals surface area contributed by atoms with Crippen molar-refractivity contribution in [1.82, 2.24) is 0 Å². The van der Waals surface area contributed by atoms with Gasteiger partial charge in [0.05, 0.1) is 5.56 Å². The summed E-state index contributed by atoms with van der Waals surface area (Å²) in [6.45, 7) is 1.81. The molecule has 1 aromatic carbocycles. The minimum absolute atomic E-state index is 0.0983. The van der Waals surface area contributed by atoms with Gasteiger partial charge in [0.15, 0.2) is 17.5 Å². The number of rotatable bonds is 3. The summed E-state index contributed by atoms with van der Waals surface area (Å²) in [6, 6.07) is 5.05. The van der Waals surface area contributed by atoms with Crippen LogP contribution < -0.4 is 5.73 Å². The Kier molecular flexibility index (Phi) is 3.43. The van der Waals surface area contributed by atoms with Crippen molar-refractivity contribution < 1.29 is 17.6 Å². The largest absolute Gasteiger partial charge is 0.461 e. The van der Waals surface area contributed by atoms with Crippen LogP contribution in [0.25, 0.3) is 11.3 Å². The normalized spacial score (nSPS) is 12.7. The first kappa shape index (κ1) is 12.7. The van der Waals surface area contributed by atoms with Crippen molar-refractivity contribution in [3.8, 4) is 11.3 Å². The quantitative estimate of drug-likeness (QED) is 0.855. The molecule has 2 N–H and O–H groups in total. The maximum absolute atomic E-state index is 13.5. The molecule has 0 saturated carbocycles. The first-order valence-electron chi connectivity index (χ1n) is 5.47. The van der Waals surface area contributed by atoms with Gasteiger partial charge in [-0.25, -0.2) is 13.2 Å². The van der Waals surface area contributed by atoms with Crippen molar-refractivity contribution in [2.75, 3.05) is 0 Å². The van der Waals surface area contributed by atoms with E-state index in [9.17, 15) is 13.2 Å². The molecule has 0 amide bonds. The average Bonchev–Trinajstić information content (AvgIpc) is 2.73. The molecule has 1 unspecified atom stereocenters. The Labute approximate surface area is 102 Å². The van der Waals surface area contributed by atoms with Gasteiger partial charge in [0.1, 0.15) is 11.5 Å².